The lowest BCUT2D eigenvalue weighted by Gasteiger charge is -2.09. The third kappa shape index (κ3) is 3.25. The van der Waals surface area contributed by atoms with Gasteiger partial charge in [-0.1, -0.05) is 6.08 Å². The zero-order chi connectivity index (χ0) is 8.15. The number of carbonyl (C=O) groups is 1. The molecule has 0 bridgehead atoms. The fourth-order valence-electron chi connectivity index (χ4n) is 0.652. The number of hydrogen-bond donors (Lipinski definition) is 1. The highest BCUT2D eigenvalue weighted by Crippen LogP contribution is 1.93. The molecular formula is C7H14N2O. The number of nitrogens with two attached hydrogens (primary N) is 1. The Morgan fingerprint density at radius 2 is 2.10 bits per heavy atom. The van der Waals surface area contributed by atoms with Crippen LogP contribution in [0.5, 0.6) is 0 Å². The van der Waals surface area contributed by atoms with Crippen molar-refractivity contribution in [3.05, 3.63) is 11.6 Å². The predicted octanol–water partition coefficient (Wildman–Crippen LogP) is -0.0204. The minimum absolute atomic E-state index is 0.337. The highest BCUT2D eigenvalue weighted by molar-refractivity contribution is 5.92. The molecule has 3 nitrogen and oxygen atoms in total. The molecule has 1 amide bonds. The summed E-state index contributed by atoms with van der Waals surface area (Å²) in [5.74, 6) is -0.337. The molecule has 0 aliphatic carbocycles. The van der Waals surface area contributed by atoms with Gasteiger partial charge in [-0.3, -0.25) is 4.79 Å². The quantitative estimate of drug-likeness (QED) is 0.563. The fourth-order valence-corrected chi connectivity index (χ4v) is 0.652. The van der Waals surface area contributed by atoms with Crippen LogP contribution in [0.4, 0.5) is 0 Å². The van der Waals surface area contributed by atoms with Crippen LogP contribution in [-0.4, -0.2) is 31.4 Å². The Morgan fingerprint density at radius 3 is 2.20 bits per heavy atom. The number of hydrogen-bond acceptors (Lipinski definition) is 2. The number of amides is 1. The maximum atomic E-state index is 10.6. The van der Waals surface area contributed by atoms with E-state index in [0.29, 0.717) is 12.1 Å². The molecule has 0 unspecified atom stereocenters. The van der Waals surface area contributed by atoms with Gasteiger partial charge in [-0.2, -0.15) is 0 Å². The average molecular weight is 142 g/mol. The lowest BCUT2D eigenvalue weighted by molar-refractivity contribution is -0.114. The van der Waals surface area contributed by atoms with Crippen LogP contribution in [0, 0.1) is 0 Å². The summed E-state index contributed by atoms with van der Waals surface area (Å²) in [6.45, 7) is 2.43. The second kappa shape index (κ2) is 4.06. The Bertz CT molecular complexity index is 150. The van der Waals surface area contributed by atoms with E-state index in [0.717, 1.165) is 0 Å². The molecule has 3 heteroatoms. The number of primary amides is 1. The van der Waals surface area contributed by atoms with Gasteiger partial charge >= 0.3 is 0 Å². The molecule has 0 aromatic carbocycles. The molecule has 0 aromatic heterocycles. The van der Waals surface area contributed by atoms with Crippen LogP contribution in [0.15, 0.2) is 11.6 Å². The minimum atomic E-state index is -0.337. The maximum absolute atomic E-state index is 10.6. The summed E-state index contributed by atoms with van der Waals surface area (Å²) in [5, 5.41) is 0. The summed E-state index contributed by atoms with van der Waals surface area (Å²) in [4.78, 5) is 12.5. The van der Waals surface area contributed by atoms with E-state index in [1.807, 2.05) is 25.9 Å². The fraction of sp³-hybridized carbons (Fsp3) is 0.571. The largest absolute Gasteiger partial charge is 0.366 e. The van der Waals surface area contributed by atoms with Crippen molar-refractivity contribution in [2.75, 3.05) is 20.6 Å². The van der Waals surface area contributed by atoms with Crippen molar-refractivity contribution in [1.29, 1.82) is 0 Å². The third-order valence-corrected chi connectivity index (χ3v) is 1.15. The third-order valence-electron chi connectivity index (χ3n) is 1.15. The predicted molar refractivity (Wildman–Crippen MR) is 41.5 cm³/mol. The highest BCUT2D eigenvalue weighted by Gasteiger charge is 2.02. The Morgan fingerprint density at radius 1 is 1.60 bits per heavy atom. The van der Waals surface area contributed by atoms with Crippen molar-refractivity contribution in [1.82, 2.24) is 4.90 Å². The number of carbonyl (C=O) groups excluding carboxylic acids is 1. The summed E-state index contributed by atoms with van der Waals surface area (Å²) in [5.41, 5.74) is 5.72. The van der Waals surface area contributed by atoms with Gasteiger partial charge in [0.2, 0.25) is 5.91 Å². The van der Waals surface area contributed by atoms with Gasteiger partial charge < -0.3 is 10.6 Å². The van der Waals surface area contributed by atoms with Crippen molar-refractivity contribution in [2.24, 2.45) is 5.73 Å². The summed E-state index contributed by atoms with van der Waals surface area (Å²) in [6, 6.07) is 0. The lowest BCUT2D eigenvalue weighted by Crippen LogP contribution is -2.24. The normalized spacial score (nSPS) is 12.2. The Kier molecular flexibility index (Phi) is 3.72. The molecule has 0 spiro atoms. The van der Waals surface area contributed by atoms with Crippen molar-refractivity contribution in [2.45, 2.75) is 6.92 Å². The average Bonchev–Trinajstić information content (AvgIpc) is 1.81. The van der Waals surface area contributed by atoms with Gasteiger partial charge in [0, 0.05) is 12.1 Å². The molecule has 0 saturated heterocycles. The Balaban J connectivity index is 3.99. The van der Waals surface area contributed by atoms with E-state index >= 15 is 0 Å². The molecule has 0 aromatic rings. The molecule has 0 aliphatic heterocycles. The van der Waals surface area contributed by atoms with E-state index in [4.69, 9.17) is 5.73 Å². The second-order valence-corrected chi connectivity index (χ2v) is 2.42. The Hall–Kier alpha value is -0.830. The summed E-state index contributed by atoms with van der Waals surface area (Å²) >= 11 is 0. The van der Waals surface area contributed by atoms with E-state index < -0.39 is 0 Å². The molecule has 0 fully saturated rings. The van der Waals surface area contributed by atoms with Crippen molar-refractivity contribution < 1.29 is 4.79 Å². The number of allylic oxidation sites excluding steroid dienone is 1. The Labute approximate surface area is 61.5 Å². The van der Waals surface area contributed by atoms with Gasteiger partial charge in [-0.15, -0.1) is 0 Å². The molecule has 0 rings (SSSR count). The lowest BCUT2D eigenvalue weighted by atomic mass is 10.2. The van der Waals surface area contributed by atoms with Gasteiger partial charge in [0.15, 0.2) is 0 Å². The smallest absolute Gasteiger partial charge is 0.245 e. The zero-order valence-corrected chi connectivity index (χ0v) is 6.72. The number of nitrogens with zero attached hydrogens (tertiary/aromatic N) is 1. The molecule has 0 heterocycles. The van der Waals surface area contributed by atoms with Gasteiger partial charge in [-0.25, -0.2) is 0 Å². The maximum Gasteiger partial charge on any atom is 0.245 e. The van der Waals surface area contributed by atoms with Crippen LogP contribution in [-0.2, 0) is 4.79 Å². The first-order valence-corrected chi connectivity index (χ1v) is 3.17. The molecule has 0 aliphatic rings. The summed E-state index contributed by atoms with van der Waals surface area (Å²) < 4.78 is 0. The first kappa shape index (κ1) is 9.17. The van der Waals surface area contributed by atoms with Crippen LogP contribution in [0.2, 0.25) is 0 Å². The van der Waals surface area contributed by atoms with Crippen LogP contribution >= 0.6 is 0 Å². The first-order valence-electron chi connectivity index (χ1n) is 3.17. The zero-order valence-electron chi connectivity index (χ0n) is 6.72. The van der Waals surface area contributed by atoms with Crippen LogP contribution in [0.25, 0.3) is 0 Å². The van der Waals surface area contributed by atoms with Gasteiger partial charge in [0.25, 0.3) is 0 Å². The van der Waals surface area contributed by atoms with E-state index in [1.54, 1.807) is 6.08 Å². The number of rotatable bonds is 3. The summed E-state index contributed by atoms with van der Waals surface area (Å²) in [7, 11) is 3.79. The molecule has 58 valence electrons. The monoisotopic (exact) mass is 142 g/mol. The molecule has 10 heavy (non-hydrogen) atoms. The molecule has 2 N–H and O–H groups in total. The molecule has 0 saturated carbocycles. The SMILES string of the molecule is CC=C(CN(C)C)C(N)=O. The second-order valence-electron chi connectivity index (χ2n) is 2.42. The number of likely N-dealkylation sites (N-methyl/N-ethyl adjacent to an activating group) is 1. The molecule has 0 radical (unpaired) electrons. The van der Waals surface area contributed by atoms with E-state index in [1.165, 1.54) is 0 Å². The van der Waals surface area contributed by atoms with E-state index in [-0.39, 0.29) is 5.91 Å². The topological polar surface area (TPSA) is 46.3 Å². The van der Waals surface area contributed by atoms with Crippen molar-refractivity contribution in [3.63, 3.8) is 0 Å². The van der Waals surface area contributed by atoms with Crippen molar-refractivity contribution >= 4 is 5.91 Å². The summed E-state index contributed by atoms with van der Waals surface area (Å²) in [6.07, 6.45) is 1.74. The van der Waals surface area contributed by atoms with Crippen LogP contribution in [0.3, 0.4) is 0 Å². The van der Waals surface area contributed by atoms with Crippen LogP contribution < -0.4 is 5.73 Å². The van der Waals surface area contributed by atoms with Gasteiger partial charge in [0.05, 0.1) is 0 Å². The van der Waals surface area contributed by atoms with Crippen molar-refractivity contribution in [3.8, 4) is 0 Å². The van der Waals surface area contributed by atoms with Gasteiger partial charge in [0.1, 0.15) is 0 Å². The minimum Gasteiger partial charge on any atom is -0.366 e. The van der Waals surface area contributed by atoms with E-state index in [2.05, 4.69) is 0 Å². The van der Waals surface area contributed by atoms with Gasteiger partial charge in [-0.05, 0) is 21.0 Å². The molecular weight excluding hydrogens is 128 g/mol. The first-order chi connectivity index (χ1) is 4.57. The van der Waals surface area contributed by atoms with E-state index in [9.17, 15) is 4.79 Å². The molecule has 0 atom stereocenters. The van der Waals surface area contributed by atoms with Crippen LogP contribution in [0.1, 0.15) is 6.92 Å². The highest BCUT2D eigenvalue weighted by atomic mass is 16.1. The standard InChI is InChI=1S/C7H14N2O/c1-4-6(7(8)10)5-9(2)3/h4H,5H2,1-3H3,(H2,8,10).